The van der Waals surface area contributed by atoms with Gasteiger partial charge in [0.05, 0.1) is 18.1 Å². The molecule has 0 radical (unpaired) electrons. The highest BCUT2D eigenvalue weighted by atomic mass is 35.5. The van der Waals surface area contributed by atoms with Crippen molar-refractivity contribution in [3.63, 3.8) is 0 Å². The molecular weight excluding hydrogens is 300 g/mol. The van der Waals surface area contributed by atoms with Crippen LogP contribution in [0.5, 0.6) is 0 Å². The van der Waals surface area contributed by atoms with E-state index < -0.39 is 10.0 Å². The van der Waals surface area contributed by atoms with Gasteiger partial charge in [-0.1, -0.05) is 24.6 Å². The van der Waals surface area contributed by atoms with Crippen LogP contribution in [-0.2, 0) is 21.3 Å². The van der Waals surface area contributed by atoms with Gasteiger partial charge >= 0.3 is 0 Å². The van der Waals surface area contributed by atoms with E-state index in [1.54, 1.807) is 12.1 Å². The molecule has 0 saturated carbocycles. The Bertz CT molecular complexity index is 557. The predicted molar refractivity (Wildman–Crippen MR) is 78.4 cm³/mol. The van der Waals surface area contributed by atoms with Crippen LogP contribution in [0.3, 0.4) is 0 Å². The van der Waals surface area contributed by atoms with Crippen molar-refractivity contribution in [1.82, 2.24) is 9.62 Å². The lowest BCUT2D eigenvalue weighted by Gasteiger charge is -2.26. The average molecular weight is 319 g/mol. The Kier molecular flexibility index (Phi) is 5.40. The molecule has 1 aliphatic rings. The van der Waals surface area contributed by atoms with E-state index in [0.717, 1.165) is 12.1 Å². The van der Waals surface area contributed by atoms with Crippen molar-refractivity contribution >= 4 is 21.6 Å². The summed E-state index contributed by atoms with van der Waals surface area (Å²) in [4.78, 5) is 0.240. The first-order chi connectivity index (χ1) is 9.55. The fourth-order valence-corrected chi connectivity index (χ4v) is 3.77. The SMILES string of the molecule is CCNCc1ccc(S(=O)(=O)N2CCOCC2)cc1Cl. The van der Waals surface area contributed by atoms with Crippen LogP contribution < -0.4 is 5.32 Å². The van der Waals surface area contributed by atoms with Gasteiger partial charge in [-0.15, -0.1) is 0 Å². The molecule has 0 spiro atoms. The number of benzene rings is 1. The molecule has 1 saturated heterocycles. The second kappa shape index (κ2) is 6.87. The number of ether oxygens (including phenoxy) is 1. The van der Waals surface area contributed by atoms with E-state index in [9.17, 15) is 8.42 Å². The summed E-state index contributed by atoms with van der Waals surface area (Å²) in [5.41, 5.74) is 0.898. The highest BCUT2D eigenvalue weighted by Gasteiger charge is 2.26. The minimum absolute atomic E-state index is 0.240. The molecule has 0 aliphatic carbocycles. The molecule has 0 bridgehead atoms. The van der Waals surface area contributed by atoms with E-state index in [1.807, 2.05) is 6.92 Å². The van der Waals surface area contributed by atoms with Crippen LogP contribution in [0.2, 0.25) is 5.02 Å². The predicted octanol–water partition coefficient (Wildman–Crippen LogP) is 1.47. The van der Waals surface area contributed by atoms with Crippen LogP contribution in [-0.4, -0.2) is 45.6 Å². The molecule has 0 amide bonds. The Morgan fingerprint density at radius 3 is 2.65 bits per heavy atom. The fourth-order valence-electron chi connectivity index (χ4n) is 2.03. The summed E-state index contributed by atoms with van der Waals surface area (Å²) in [6.45, 7) is 5.12. The van der Waals surface area contributed by atoms with Gasteiger partial charge in [0.1, 0.15) is 0 Å². The van der Waals surface area contributed by atoms with E-state index in [1.165, 1.54) is 10.4 Å². The largest absolute Gasteiger partial charge is 0.379 e. The minimum Gasteiger partial charge on any atom is -0.379 e. The van der Waals surface area contributed by atoms with Gasteiger partial charge in [0, 0.05) is 24.7 Å². The van der Waals surface area contributed by atoms with E-state index in [4.69, 9.17) is 16.3 Å². The second-order valence-electron chi connectivity index (χ2n) is 4.55. The topological polar surface area (TPSA) is 58.6 Å². The third kappa shape index (κ3) is 3.51. The Hall–Kier alpha value is -0.660. The van der Waals surface area contributed by atoms with Gasteiger partial charge in [-0.05, 0) is 24.2 Å². The number of halogens is 1. The molecule has 2 rings (SSSR count). The first kappa shape index (κ1) is 15.7. The molecule has 0 atom stereocenters. The maximum absolute atomic E-state index is 12.5. The molecule has 0 aromatic heterocycles. The molecule has 0 unspecified atom stereocenters. The summed E-state index contributed by atoms with van der Waals surface area (Å²) in [5.74, 6) is 0. The number of hydrogen-bond donors (Lipinski definition) is 1. The monoisotopic (exact) mass is 318 g/mol. The third-order valence-electron chi connectivity index (χ3n) is 3.20. The molecule has 112 valence electrons. The Balaban J connectivity index is 2.21. The van der Waals surface area contributed by atoms with E-state index in [-0.39, 0.29) is 4.90 Å². The van der Waals surface area contributed by atoms with E-state index in [0.29, 0.717) is 37.9 Å². The molecule has 20 heavy (non-hydrogen) atoms. The van der Waals surface area contributed by atoms with E-state index in [2.05, 4.69) is 5.32 Å². The highest BCUT2D eigenvalue weighted by molar-refractivity contribution is 7.89. The molecule has 5 nitrogen and oxygen atoms in total. The summed E-state index contributed by atoms with van der Waals surface area (Å²) < 4.78 is 31.5. The van der Waals surface area contributed by atoms with Crippen molar-refractivity contribution in [3.05, 3.63) is 28.8 Å². The van der Waals surface area contributed by atoms with Gasteiger partial charge in [0.15, 0.2) is 0 Å². The molecule has 1 aromatic rings. The summed E-state index contributed by atoms with van der Waals surface area (Å²) in [5, 5.41) is 3.64. The minimum atomic E-state index is -3.47. The van der Waals surface area contributed by atoms with Gasteiger partial charge in [0.2, 0.25) is 10.0 Å². The quantitative estimate of drug-likeness (QED) is 0.893. The Labute approximate surface area is 124 Å². The summed E-state index contributed by atoms with van der Waals surface area (Å²) in [6, 6.07) is 4.90. The lowest BCUT2D eigenvalue weighted by Crippen LogP contribution is -2.40. The zero-order valence-corrected chi connectivity index (χ0v) is 13.0. The zero-order valence-electron chi connectivity index (χ0n) is 11.4. The third-order valence-corrected chi connectivity index (χ3v) is 5.44. The highest BCUT2D eigenvalue weighted by Crippen LogP contribution is 2.23. The van der Waals surface area contributed by atoms with Gasteiger partial charge in [-0.3, -0.25) is 0 Å². The maximum Gasteiger partial charge on any atom is 0.243 e. The number of morpholine rings is 1. The summed E-state index contributed by atoms with van der Waals surface area (Å²) in [6.07, 6.45) is 0. The molecule has 1 aliphatic heterocycles. The number of hydrogen-bond acceptors (Lipinski definition) is 4. The molecular formula is C13H19ClN2O3S. The van der Waals surface area contributed by atoms with Crippen molar-refractivity contribution < 1.29 is 13.2 Å². The smallest absolute Gasteiger partial charge is 0.243 e. The van der Waals surface area contributed by atoms with Gasteiger partial charge in [0.25, 0.3) is 0 Å². The Morgan fingerprint density at radius 2 is 2.05 bits per heavy atom. The summed E-state index contributed by atoms with van der Waals surface area (Å²) in [7, 11) is -3.47. The molecule has 1 aromatic carbocycles. The number of nitrogens with zero attached hydrogens (tertiary/aromatic N) is 1. The van der Waals surface area contributed by atoms with Crippen molar-refractivity contribution in [2.75, 3.05) is 32.8 Å². The number of rotatable bonds is 5. The molecule has 1 N–H and O–H groups in total. The van der Waals surface area contributed by atoms with Crippen LogP contribution in [0.4, 0.5) is 0 Å². The van der Waals surface area contributed by atoms with Gasteiger partial charge < -0.3 is 10.1 Å². The lowest BCUT2D eigenvalue weighted by atomic mass is 10.2. The van der Waals surface area contributed by atoms with Gasteiger partial charge in [-0.25, -0.2) is 8.42 Å². The number of nitrogens with one attached hydrogen (secondary N) is 1. The molecule has 1 fully saturated rings. The van der Waals surface area contributed by atoms with Crippen LogP contribution in [0, 0.1) is 0 Å². The Morgan fingerprint density at radius 1 is 1.35 bits per heavy atom. The standard InChI is InChI=1S/C13H19ClN2O3S/c1-2-15-10-11-3-4-12(9-13(11)14)20(17,18)16-5-7-19-8-6-16/h3-4,9,15H,2,5-8,10H2,1H3. The van der Waals surface area contributed by atoms with Crippen LogP contribution in [0.25, 0.3) is 0 Å². The second-order valence-corrected chi connectivity index (χ2v) is 6.90. The van der Waals surface area contributed by atoms with Crippen LogP contribution in [0.15, 0.2) is 23.1 Å². The van der Waals surface area contributed by atoms with Crippen molar-refractivity contribution in [2.24, 2.45) is 0 Å². The molecule has 7 heteroatoms. The maximum atomic E-state index is 12.5. The zero-order chi connectivity index (χ0) is 14.6. The number of sulfonamides is 1. The van der Waals surface area contributed by atoms with Crippen molar-refractivity contribution in [1.29, 1.82) is 0 Å². The lowest BCUT2D eigenvalue weighted by molar-refractivity contribution is 0.0730. The van der Waals surface area contributed by atoms with Crippen molar-refractivity contribution in [3.8, 4) is 0 Å². The normalized spacial score (nSPS) is 17.3. The first-order valence-corrected chi connectivity index (χ1v) is 8.44. The van der Waals surface area contributed by atoms with Gasteiger partial charge in [-0.2, -0.15) is 4.31 Å². The van der Waals surface area contributed by atoms with Crippen LogP contribution >= 0.6 is 11.6 Å². The first-order valence-electron chi connectivity index (χ1n) is 6.62. The van der Waals surface area contributed by atoms with Crippen molar-refractivity contribution in [2.45, 2.75) is 18.4 Å². The summed E-state index contributed by atoms with van der Waals surface area (Å²) >= 11 is 6.16. The molecule has 1 heterocycles. The van der Waals surface area contributed by atoms with Crippen LogP contribution in [0.1, 0.15) is 12.5 Å². The average Bonchev–Trinajstić information content (AvgIpc) is 2.47. The fraction of sp³-hybridized carbons (Fsp3) is 0.538. The van der Waals surface area contributed by atoms with E-state index >= 15 is 0 Å².